The zero-order valence-corrected chi connectivity index (χ0v) is 16.4. The smallest absolute Gasteiger partial charge is 0.256 e. The van der Waals surface area contributed by atoms with Crippen LogP contribution in [0.3, 0.4) is 0 Å². The lowest BCUT2D eigenvalue weighted by molar-refractivity contribution is -0.206. The molecular formula is C21H26N2O5. The minimum Gasteiger partial charge on any atom is -0.493 e. The largest absolute Gasteiger partial charge is 0.493 e. The molecule has 1 aromatic carbocycles. The van der Waals surface area contributed by atoms with E-state index in [1.165, 1.54) is 26.2 Å². The van der Waals surface area contributed by atoms with Crippen molar-refractivity contribution in [2.24, 2.45) is 16.6 Å². The first-order valence-corrected chi connectivity index (χ1v) is 9.48. The van der Waals surface area contributed by atoms with E-state index < -0.39 is 24.0 Å². The molecule has 1 unspecified atom stereocenters. The molecule has 28 heavy (non-hydrogen) atoms. The van der Waals surface area contributed by atoms with Crippen molar-refractivity contribution in [1.82, 2.24) is 5.32 Å². The van der Waals surface area contributed by atoms with E-state index in [2.05, 4.69) is 12.2 Å². The number of fused-ring (bicyclic) bond motifs is 1. The van der Waals surface area contributed by atoms with Crippen LogP contribution in [0, 0.1) is 17.8 Å². The van der Waals surface area contributed by atoms with Gasteiger partial charge in [-0.25, -0.2) is 0 Å². The number of carbonyl (C=O) groups is 2. The van der Waals surface area contributed by atoms with Gasteiger partial charge in [0.25, 0.3) is 5.91 Å². The second kappa shape index (κ2) is 5.98. The molecule has 1 aromatic heterocycles. The van der Waals surface area contributed by atoms with Gasteiger partial charge in [0.05, 0.1) is 18.8 Å². The first-order valence-electron chi connectivity index (χ1n) is 9.48. The van der Waals surface area contributed by atoms with Crippen LogP contribution in [-0.4, -0.2) is 35.7 Å². The Morgan fingerprint density at radius 1 is 1.36 bits per heavy atom. The number of nitrogens with one attached hydrogen (secondary N) is 1. The molecule has 1 heterocycles. The normalized spacial score (nSPS) is 27.4. The van der Waals surface area contributed by atoms with Crippen LogP contribution in [0.15, 0.2) is 22.6 Å². The average Bonchev–Trinajstić information content (AvgIpc) is 2.91. The summed E-state index contributed by atoms with van der Waals surface area (Å²) in [4.78, 5) is 24.4. The third-order valence-corrected chi connectivity index (χ3v) is 6.26. The molecule has 0 spiro atoms. The monoisotopic (exact) mass is 386 g/mol. The van der Waals surface area contributed by atoms with E-state index in [1.54, 1.807) is 19.1 Å². The zero-order chi connectivity index (χ0) is 20.3. The molecule has 7 nitrogen and oxygen atoms in total. The van der Waals surface area contributed by atoms with Gasteiger partial charge in [-0.2, -0.15) is 0 Å². The Balaban J connectivity index is 1.56. The lowest BCUT2D eigenvalue weighted by atomic mass is 9.36. The topological polar surface area (TPSA) is 115 Å². The first-order chi connectivity index (χ1) is 13.1. The molecule has 2 amide bonds. The number of furan rings is 1. The minimum absolute atomic E-state index is 0.305. The Morgan fingerprint density at radius 3 is 2.61 bits per heavy atom. The fourth-order valence-corrected chi connectivity index (χ4v) is 5.01. The molecule has 3 aliphatic carbocycles. The van der Waals surface area contributed by atoms with Crippen LogP contribution < -0.4 is 15.8 Å². The highest BCUT2D eigenvalue weighted by Gasteiger charge is 2.65. The van der Waals surface area contributed by atoms with Gasteiger partial charge in [-0.15, -0.1) is 0 Å². The maximum Gasteiger partial charge on any atom is 0.256 e. The second-order valence-electron chi connectivity index (χ2n) is 9.13. The summed E-state index contributed by atoms with van der Waals surface area (Å²) < 4.78 is 11.7. The quantitative estimate of drug-likeness (QED) is 0.675. The molecule has 2 bridgehead atoms. The van der Waals surface area contributed by atoms with Gasteiger partial charge < -0.3 is 25.3 Å². The standard InChI is InChI=1S/C21H26N2O5/c1-12-16(17(25)23-20(3,10-24)18(22)26)14-6-13(4-5-15(14)28-12)27-11-21-7-19(2,8-21)9-21/h4-6,24H,7-11H2,1-3H3,(H2,22,26)(H,23,25). The summed E-state index contributed by atoms with van der Waals surface area (Å²) in [6, 6.07) is 5.40. The number of rotatable bonds is 7. The number of hydrogen-bond donors (Lipinski definition) is 3. The van der Waals surface area contributed by atoms with E-state index in [0.717, 1.165) is 0 Å². The van der Waals surface area contributed by atoms with Crippen molar-refractivity contribution in [2.45, 2.75) is 45.6 Å². The number of aryl methyl sites for hydroxylation is 1. The predicted molar refractivity (Wildman–Crippen MR) is 103 cm³/mol. The number of carbonyl (C=O) groups excluding carboxylic acids is 2. The second-order valence-corrected chi connectivity index (χ2v) is 9.13. The van der Waals surface area contributed by atoms with Gasteiger partial charge in [0.2, 0.25) is 5.91 Å². The molecule has 1 atom stereocenters. The van der Waals surface area contributed by atoms with Gasteiger partial charge in [-0.3, -0.25) is 9.59 Å². The number of aliphatic hydroxyl groups excluding tert-OH is 1. The minimum atomic E-state index is -1.55. The maximum absolute atomic E-state index is 12.8. The SMILES string of the molecule is Cc1oc2ccc(OCC34CC(C)(C3)C4)cc2c1C(=O)NC(C)(CO)C(N)=O. The van der Waals surface area contributed by atoms with Crippen LogP contribution in [0.1, 0.15) is 49.2 Å². The van der Waals surface area contributed by atoms with E-state index >= 15 is 0 Å². The molecular weight excluding hydrogens is 360 g/mol. The Morgan fingerprint density at radius 2 is 2.04 bits per heavy atom. The van der Waals surface area contributed by atoms with Crippen LogP contribution in [-0.2, 0) is 4.79 Å². The lowest BCUT2D eigenvalue weighted by Gasteiger charge is -2.69. The number of nitrogens with two attached hydrogens (primary N) is 1. The molecule has 0 aliphatic heterocycles. The summed E-state index contributed by atoms with van der Waals surface area (Å²) in [5, 5.41) is 12.6. The summed E-state index contributed by atoms with van der Waals surface area (Å²) in [7, 11) is 0. The molecule has 3 aliphatic rings. The fraction of sp³-hybridized carbons (Fsp3) is 0.524. The summed E-state index contributed by atoms with van der Waals surface area (Å²) in [5.74, 6) is -0.250. The molecule has 3 fully saturated rings. The summed E-state index contributed by atoms with van der Waals surface area (Å²) in [5.41, 5.74) is 5.47. The van der Waals surface area contributed by atoms with Crippen molar-refractivity contribution in [3.63, 3.8) is 0 Å². The Kier molecular flexibility index (Phi) is 4.01. The number of primary amides is 1. The molecule has 4 N–H and O–H groups in total. The highest BCUT2D eigenvalue weighted by Crippen LogP contribution is 2.72. The van der Waals surface area contributed by atoms with Crippen LogP contribution in [0.5, 0.6) is 5.75 Å². The number of aliphatic hydroxyl groups is 1. The van der Waals surface area contributed by atoms with Crippen molar-refractivity contribution in [3.05, 3.63) is 29.5 Å². The van der Waals surface area contributed by atoms with E-state index in [-0.39, 0.29) is 0 Å². The molecule has 150 valence electrons. The Hall–Kier alpha value is -2.54. The van der Waals surface area contributed by atoms with E-state index in [1.807, 2.05) is 6.07 Å². The van der Waals surface area contributed by atoms with Crippen molar-refractivity contribution in [3.8, 4) is 5.75 Å². The lowest BCUT2D eigenvalue weighted by Crippen LogP contribution is -2.62. The number of amides is 2. The van der Waals surface area contributed by atoms with Crippen molar-refractivity contribution in [2.75, 3.05) is 13.2 Å². The van der Waals surface area contributed by atoms with Crippen LogP contribution in [0.2, 0.25) is 0 Å². The highest BCUT2D eigenvalue weighted by molar-refractivity contribution is 6.09. The maximum atomic E-state index is 12.8. The van der Waals surface area contributed by atoms with Crippen LogP contribution in [0.4, 0.5) is 0 Å². The number of benzene rings is 1. The van der Waals surface area contributed by atoms with Crippen LogP contribution in [0.25, 0.3) is 11.0 Å². The van der Waals surface area contributed by atoms with Gasteiger partial charge >= 0.3 is 0 Å². The Bertz CT molecular complexity index is 959. The molecule has 2 aromatic rings. The average molecular weight is 386 g/mol. The predicted octanol–water partition coefficient (Wildman–Crippen LogP) is 2.28. The third-order valence-electron chi connectivity index (χ3n) is 6.26. The molecule has 7 heteroatoms. The van der Waals surface area contributed by atoms with E-state index in [4.69, 9.17) is 14.9 Å². The molecule has 5 rings (SSSR count). The van der Waals surface area contributed by atoms with Crippen molar-refractivity contribution in [1.29, 1.82) is 0 Å². The van der Waals surface area contributed by atoms with Gasteiger partial charge in [0.15, 0.2) is 0 Å². The molecule has 0 radical (unpaired) electrons. The van der Waals surface area contributed by atoms with Gasteiger partial charge in [-0.05, 0) is 56.7 Å². The van der Waals surface area contributed by atoms with E-state index in [9.17, 15) is 14.7 Å². The summed E-state index contributed by atoms with van der Waals surface area (Å²) >= 11 is 0. The van der Waals surface area contributed by atoms with Gasteiger partial charge in [-0.1, -0.05) is 6.92 Å². The summed E-state index contributed by atoms with van der Waals surface area (Å²) in [6.07, 6.45) is 3.65. The third kappa shape index (κ3) is 2.85. The Labute approximate surface area is 163 Å². The molecule has 3 saturated carbocycles. The fourth-order valence-electron chi connectivity index (χ4n) is 5.01. The van der Waals surface area contributed by atoms with Crippen molar-refractivity contribution < 1.29 is 23.8 Å². The zero-order valence-electron chi connectivity index (χ0n) is 16.4. The van der Waals surface area contributed by atoms with Crippen molar-refractivity contribution >= 4 is 22.8 Å². The molecule has 0 saturated heterocycles. The highest BCUT2D eigenvalue weighted by atomic mass is 16.5. The number of ether oxygens (including phenoxy) is 1. The first kappa shape index (κ1) is 18.8. The number of hydrogen-bond acceptors (Lipinski definition) is 5. The van der Waals surface area contributed by atoms with E-state index in [0.29, 0.717) is 45.5 Å². The van der Waals surface area contributed by atoms with Gasteiger partial charge in [0, 0.05) is 10.8 Å². The van der Waals surface area contributed by atoms with Gasteiger partial charge in [0.1, 0.15) is 22.6 Å². The summed E-state index contributed by atoms with van der Waals surface area (Å²) in [6.45, 7) is 5.45. The van der Waals surface area contributed by atoms with Crippen LogP contribution >= 0.6 is 0 Å².